The molecule has 1 aliphatic heterocycles. The molecule has 88 valence electrons. The van der Waals surface area contributed by atoms with Crippen LogP contribution in [0.1, 0.15) is 12.0 Å². The van der Waals surface area contributed by atoms with Crippen LogP contribution in [-0.2, 0) is 6.42 Å². The van der Waals surface area contributed by atoms with E-state index < -0.39 is 0 Å². The second-order valence-corrected chi connectivity index (χ2v) is 5.26. The van der Waals surface area contributed by atoms with E-state index in [-0.39, 0.29) is 0 Å². The van der Waals surface area contributed by atoms with E-state index in [1.807, 2.05) is 6.07 Å². The molecule has 1 aliphatic rings. The van der Waals surface area contributed by atoms with E-state index in [9.17, 15) is 0 Å². The standard InChI is InChI=1S/C15H12N2S/c16-10-4-6-11-5-3-9-14-15(11)17-12-7-1-2-8-13(12)18-14/h1-3,5,7-9,17H,4,6H2. The zero-order chi connectivity index (χ0) is 12.4. The van der Waals surface area contributed by atoms with Crippen molar-refractivity contribution in [2.75, 3.05) is 5.32 Å². The molecule has 2 aromatic rings. The summed E-state index contributed by atoms with van der Waals surface area (Å²) >= 11 is 1.78. The zero-order valence-electron chi connectivity index (χ0n) is 9.81. The van der Waals surface area contributed by atoms with Gasteiger partial charge in [-0.3, -0.25) is 0 Å². The van der Waals surface area contributed by atoms with E-state index >= 15 is 0 Å². The summed E-state index contributed by atoms with van der Waals surface area (Å²) < 4.78 is 0. The lowest BCUT2D eigenvalue weighted by molar-refractivity contribution is 1.00. The third kappa shape index (κ3) is 1.96. The van der Waals surface area contributed by atoms with E-state index in [4.69, 9.17) is 5.26 Å². The molecule has 0 saturated carbocycles. The molecule has 0 aliphatic carbocycles. The lowest BCUT2D eigenvalue weighted by Gasteiger charge is -2.23. The quantitative estimate of drug-likeness (QED) is 0.736. The Bertz CT molecular complexity index is 629. The van der Waals surface area contributed by atoms with E-state index in [1.165, 1.54) is 15.4 Å². The summed E-state index contributed by atoms with van der Waals surface area (Å²) in [7, 11) is 0. The summed E-state index contributed by atoms with van der Waals surface area (Å²) in [4.78, 5) is 2.49. The first-order valence-electron chi connectivity index (χ1n) is 5.91. The highest BCUT2D eigenvalue weighted by Gasteiger charge is 2.17. The molecule has 0 saturated heterocycles. The second-order valence-electron chi connectivity index (χ2n) is 4.17. The van der Waals surface area contributed by atoms with Crippen molar-refractivity contribution in [2.24, 2.45) is 0 Å². The van der Waals surface area contributed by atoms with E-state index in [0.717, 1.165) is 17.8 Å². The molecule has 2 nitrogen and oxygen atoms in total. The maximum absolute atomic E-state index is 8.71. The number of anilines is 2. The minimum Gasteiger partial charge on any atom is -0.353 e. The highest BCUT2D eigenvalue weighted by molar-refractivity contribution is 7.99. The molecule has 0 unspecified atom stereocenters. The number of hydrogen-bond donors (Lipinski definition) is 1. The summed E-state index contributed by atoms with van der Waals surface area (Å²) in [6, 6.07) is 16.8. The number of para-hydroxylation sites is 2. The second kappa shape index (κ2) is 4.75. The van der Waals surface area contributed by atoms with Crippen LogP contribution in [0.15, 0.2) is 52.3 Å². The minimum absolute atomic E-state index is 0.560. The molecule has 1 heterocycles. The Morgan fingerprint density at radius 2 is 1.89 bits per heavy atom. The Morgan fingerprint density at radius 1 is 1.06 bits per heavy atom. The van der Waals surface area contributed by atoms with Gasteiger partial charge < -0.3 is 5.32 Å². The molecule has 1 N–H and O–H groups in total. The smallest absolute Gasteiger partial charge is 0.0625 e. The van der Waals surface area contributed by atoms with Crippen LogP contribution in [0.4, 0.5) is 11.4 Å². The number of benzene rings is 2. The molecule has 2 aromatic carbocycles. The first-order chi connectivity index (χ1) is 8.88. The maximum atomic E-state index is 8.71. The average Bonchev–Trinajstić information content (AvgIpc) is 2.43. The lowest BCUT2D eigenvalue weighted by Crippen LogP contribution is -2.03. The van der Waals surface area contributed by atoms with E-state index in [2.05, 4.69) is 47.8 Å². The molecule has 0 bridgehead atoms. The monoisotopic (exact) mass is 252 g/mol. The van der Waals surface area contributed by atoms with Crippen molar-refractivity contribution in [1.29, 1.82) is 5.26 Å². The van der Waals surface area contributed by atoms with Crippen LogP contribution in [0.25, 0.3) is 0 Å². The number of rotatable bonds is 2. The van der Waals surface area contributed by atoms with Gasteiger partial charge in [0, 0.05) is 16.2 Å². The van der Waals surface area contributed by atoms with Crippen LogP contribution in [0.3, 0.4) is 0 Å². The van der Waals surface area contributed by atoms with Gasteiger partial charge in [0.2, 0.25) is 0 Å². The molecular weight excluding hydrogens is 240 g/mol. The van der Waals surface area contributed by atoms with Crippen molar-refractivity contribution >= 4 is 23.1 Å². The van der Waals surface area contributed by atoms with Crippen LogP contribution < -0.4 is 5.32 Å². The summed E-state index contributed by atoms with van der Waals surface area (Å²) in [6.07, 6.45) is 1.36. The molecule has 0 atom stereocenters. The molecule has 0 amide bonds. The highest BCUT2D eigenvalue weighted by Crippen LogP contribution is 2.45. The summed E-state index contributed by atoms with van der Waals surface area (Å²) in [5, 5.41) is 12.2. The van der Waals surface area contributed by atoms with Crippen molar-refractivity contribution in [2.45, 2.75) is 22.6 Å². The van der Waals surface area contributed by atoms with Crippen molar-refractivity contribution < 1.29 is 0 Å². The predicted octanol–water partition coefficient (Wildman–Crippen LogP) is 4.35. The SMILES string of the molecule is N#CCCc1cccc2c1Nc1ccccc1S2. The lowest BCUT2D eigenvalue weighted by atomic mass is 10.1. The predicted molar refractivity (Wildman–Crippen MR) is 74.2 cm³/mol. The van der Waals surface area contributed by atoms with Gasteiger partial charge in [-0.1, -0.05) is 36.0 Å². The Balaban J connectivity index is 2.00. The molecule has 0 aromatic heterocycles. The first kappa shape index (κ1) is 11.2. The van der Waals surface area contributed by atoms with E-state index in [1.54, 1.807) is 11.8 Å². The Morgan fingerprint density at radius 3 is 2.78 bits per heavy atom. The molecular formula is C15H12N2S. The average molecular weight is 252 g/mol. The number of aryl methyl sites for hydroxylation is 1. The first-order valence-corrected chi connectivity index (χ1v) is 6.73. The van der Waals surface area contributed by atoms with Gasteiger partial charge in [0.15, 0.2) is 0 Å². The summed E-state index contributed by atoms with van der Waals surface area (Å²) in [5.41, 5.74) is 3.53. The Hall–Kier alpha value is -1.92. The van der Waals surface area contributed by atoms with Crippen molar-refractivity contribution in [3.05, 3.63) is 48.0 Å². The van der Waals surface area contributed by atoms with E-state index in [0.29, 0.717) is 6.42 Å². The zero-order valence-corrected chi connectivity index (χ0v) is 10.6. The molecule has 0 fully saturated rings. The largest absolute Gasteiger partial charge is 0.353 e. The van der Waals surface area contributed by atoms with Crippen LogP contribution in [-0.4, -0.2) is 0 Å². The number of fused-ring (bicyclic) bond motifs is 2. The van der Waals surface area contributed by atoms with Gasteiger partial charge in [-0.2, -0.15) is 5.26 Å². The minimum atomic E-state index is 0.560. The normalized spacial score (nSPS) is 11.9. The van der Waals surface area contributed by atoms with Gasteiger partial charge in [0.25, 0.3) is 0 Å². The molecule has 3 rings (SSSR count). The van der Waals surface area contributed by atoms with Crippen LogP contribution in [0.2, 0.25) is 0 Å². The Labute approximate surface area is 111 Å². The Kier molecular flexibility index (Phi) is 2.95. The van der Waals surface area contributed by atoms with Gasteiger partial charge in [0.05, 0.1) is 17.4 Å². The van der Waals surface area contributed by atoms with Gasteiger partial charge in [-0.15, -0.1) is 0 Å². The third-order valence-corrected chi connectivity index (χ3v) is 4.12. The number of nitrogens with zero attached hydrogens (tertiary/aromatic N) is 1. The van der Waals surface area contributed by atoms with Crippen molar-refractivity contribution in [1.82, 2.24) is 0 Å². The fourth-order valence-electron chi connectivity index (χ4n) is 2.11. The molecule has 0 spiro atoms. The van der Waals surface area contributed by atoms with Crippen molar-refractivity contribution in [3.8, 4) is 6.07 Å². The third-order valence-electron chi connectivity index (χ3n) is 2.99. The van der Waals surface area contributed by atoms with Gasteiger partial charge in [-0.05, 0) is 30.2 Å². The maximum Gasteiger partial charge on any atom is 0.0625 e. The molecule has 18 heavy (non-hydrogen) atoms. The topological polar surface area (TPSA) is 35.8 Å². The number of hydrogen-bond acceptors (Lipinski definition) is 3. The highest BCUT2D eigenvalue weighted by atomic mass is 32.2. The van der Waals surface area contributed by atoms with Gasteiger partial charge >= 0.3 is 0 Å². The van der Waals surface area contributed by atoms with Gasteiger partial charge in [-0.25, -0.2) is 0 Å². The van der Waals surface area contributed by atoms with Crippen molar-refractivity contribution in [3.63, 3.8) is 0 Å². The fraction of sp³-hybridized carbons (Fsp3) is 0.133. The van der Waals surface area contributed by atoms with Crippen LogP contribution in [0.5, 0.6) is 0 Å². The number of nitrogens with one attached hydrogen (secondary N) is 1. The molecule has 3 heteroatoms. The molecule has 0 radical (unpaired) electrons. The number of nitriles is 1. The summed E-state index contributed by atoms with van der Waals surface area (Å²) in [5.74, 6) is 0. The van der Waals surface area contributed by atoms with Crippen LogP contribution in [0, 0.1) is 11.3 Å². The van der Waals surface area contributed by atoms with Crippen LogP contribution >= 0.6 is 11.8 Å². The fourth-order valence-corrected chi connectivity index (χ4v) is 3.16. The van der Waals surface area contributed by atoms with Gasteiger partial charge in [0.1, 0.15) is 0 Å². The summed E-state index contributed by atoms with van der Waals surface area (Å²) in [6.45, 7) is 0.